The maximum absolute atomic E-state index is 11.9. The second kappa shape index (κ2) is 6.08. The van der Waals surface area contributed by atoms with Crippen molar-refractivity contribution in [2.24, 2.45) is 0 Å². The fourth-order valence-electron chi connectivity index (χ4n) is 1.24. The monoisotopic (exact) mass is 280 g/mol. The minimum absolute atomic E-state index is 0.0364. The summed E-state index contributed by atoms with van der Waals surface area (Å²) in [5.74, 6) is 0.249. The standard InChI is InChI=1S/C11H15F3N2OS/c1-16(2)8-3-4-9(15)10(7-8)17-5-6-18-11(12,13)14/h3-4,7H,5-6,15H2,1-2H3. The highest BCUT2D eigenvalue weighted by Crippen LogP contribution is 2.31. The number of rotatable bonds is 5. The summed E-state index contributed by atoms with van der Waals surface area (Å²) in [6, 6.07) is 5.18. The molecule has 0 radical (unpaired) electrons. The third-order valence-electron chi connectivity index (χ3n) is 2.12. The topological polar surface area (TPSA) is 38.5 Å². The highest BCUT2D eigenvalue weighted by Gasteiger charge is 2.27. The van der Waals surface area contributed by atoms with Gasteiger partial charge in [0, 0.05) is 31.6 Å². The van der Waals surface area contributed by atoms with Crippen molar-refractivity contribution in [1.82, 2.24) is 0 Å². The minimum Gasteiger partial charge on any atom is -0.490 e. The van der Waals surface area contributed by atoms with Crippen molar-refractivity contribution < 1.29 is 17.9 Å². The zero-order chi connectivity index (χ0) is 13.8. The average molecular weight is 280 g/mol. The van der Waals surface area contributed by atoms with Crippen LogP contribution in [0.15, 0.2) is 18.2 Å². The summed E-state index contributed by atoms with van der Waals surface area (Å²) >= 11 is -0.107. The lowest BCUT2D eigenvalue weighted by atomic mass is 10.2. The van der Waals surface area contributed by atoms with Gasteiger partial charge in [-0.25, -0.2) is 0 Å². The van der Waals surface area contributed by atoms with Crippen LogP contribution < -0.4 is 15.4 Å². The quantitative estimate of drug-likeness (QED) is 0.665. The smallest absolute Gasteiger partial charge is 0.441 e. The molecular formula is C11H15F3N2OS. The molecule has 0 aromatic heterocycles. The number of hydrogen-bond acceptors (Lipinski definition) is 4. The molecule has 0 atom stereocenters. The first kappa shape index (κ1) is 14.8. The van der Waals surface area contributed by atoms with Gasteiger partial charge < -0.3 is 15.4 Å². The third-order valence-corrected chi connectivity index (χ3v) is 2.82. The molecule has 3 nitrogen and oxygen atoms in total. The summed E-state index contributed by atoms with van der Waals surface area (Å²) in [6.45, 7) is -0.0364. The van der Waals surface area contributed by atoms with E-state index in [0.29, 0.717) is 11.4 Å². The molecule has 0 aliphatic rings. The molecule has 0 saturated heterocycles. The van der Waals surface area contributed by atoms with Gasteiger partial charge in [-0.2, -0.15) is 13.2 Å². The van der Waals surface area contributed by atoms with Crippen LogP contribution in [0.4, 0.5) is 24.5 Å². The van der Waals surface area contributed by atoms with Crippen LogP contribution in [0.2, 0.25) is 0 Å². The molecule has 1 aromatic rings. The van der Waals surface area contributed by atoms with E-state index >= 15 is 0 Å². The van der Waals surface area contributed by atoms with E-state index in [-0.39, 0.29) is 24.1 Å². The van der Waals surface area contributed by atoms with Gasteiger partial charge in [0.1, 0.15) is 5.75 Å². The number of nitrogen functional groups attached to an aromatic ring is 1. The molecule has 0 heterocycles. The molecule has 1 rings (SSSR count). The van der Waals surface area contributed by atoms with Crippen molar-refractivity contribution in [1.29, 1.82) is 0 Å². The molecule has 0 aliphatic carbocycles. The molecule has 0 fully saturated rings. The molecule has 1 aromatic carbocycles. The van der Waals surface area contributed by atoms with Gasteiger partial charge in [0.2, 0.25) is 0 Å². The Labute approximate surface area is 108 Å². The maximum atomic E-state index is 11.9. The van der Waals surface area contributed by atoms with Gasteiger partial charge in [-0.15, -0.1) is 0 Å². The van der Waals surface area contributed by atoms with Crippen molar-refractivity contribution in [3.05, 3.63) is 18.2 Å². The van der Waals surface area contributed by atoms with Gasteiger partial charge in [0.15, 0.2) is 0 Å². The normalized spacial score (nSPS) is 11.4. The van der Waals surface area contributed by atoms with Crippen LogP contribution in [-0.2, 0) is 0 Å². The van der Waals surface area contributed by atoms with Crippen LogP contribution in [0.3, 0.4) is 0 Å². The van der Waals surface area contributed by atoms with Gasteiger partial charge >= 0.3 is 5.51 Å². The molecule has 2 N–H and O–H groups in total. The maximum Gasteiger partial charge on any atom is 0.441 e. The van der Waals surface area contributed by atoms with E-state index in [0.717, 1.165) is 5.69 Å². The van der Waals surface area contributed by atoms with E-state index in [2.05, 4.69) is 0 Å². The van der Waals surface area contributed by atoms with Crippen LogP contribution in [0.1, 0.15) is 0 Å². The molecule has 102 valence electrons. The minimum atomic E-state index is -4.22. The number of hydrogen-bond donors (Lipinski definition) is 1. The number of benzene rings is 1. The Bertz CT molecular complexity index is 396. The van der Waals surface area contributed by atoms with E-state index < -0.39 is 5.51 Å². The lowest BCUT2D eigenvalue weighted by molar-refractivity contribution is -0.0329. The van der Waals surface area contributed by atoms with Crippen molar-refractivity contribution in [3.63, 3.8) is 0 Å². The van der Waals surface area contributed by atoms with Crippen LogP contribution in [0.5, 0.6) is 5.75 Å². The number of alkyl halides is 3. The lowest BCUT2D eigenvalue weighted by Gasteiger charge is -2.15. The predicted octanol–water partition coefficient (Wildman–Crippen LogP) is 2.97. The lowest BCUT2D eigenvalue weighted by Crippen LogP contribution is -2.11. The third kappa shape index (κ3) is 4.95. The first-order valence-electron chi connectivity index (χ1n) is 5.20. The molecule has 0 aliphatic heterocycles. The summed E-state index contributed by atoms with van der Waals surface area (Å²) in [6.07, 6.45) is 0. The fraction of sp³-hybridized carbons (Fsp3) is 0.455. The Morgan fingerprint density at radius 3 is 2.56 bits per heavy atom. The highest BCUT2D eigenvalue weighted by atomic mass is 32.2. The predicted molar refractivity (Wildman–Crippen MR) is 69.2 cm³/mol. The van der Waals surface area contributed by atoms with Crippen LogP contribution in [-0.4, -0.2) is 32.0 Å². The molecule has 0 unspecified atom stereocenters. The summed E-state index contributed by atoms with van der Waals surface area (Å²) in [4.78, 5) is 1.86. The Hall–Kier alpha value is -1.24. The zero-order valence-corrected chi connectivity index (χ0v) is 10.9. The van der Waals surface area contributed by atoms with Crippen LogP contribution >= 0.6 is 11.8 Å². The van der Waals surface area contributed by atoms with Gasteiger partial charge in [-0.1, -0.05) is 0 Å². The molecular weight excluding hydrogens is 265 g/mol. The number of ether oxygens (including phenoxy) is 1. The summed E-state index contributed by atoms with van der Waals surface area (Å²) in [5, 5.41) is 0. The first-order chi connectivity index (χ1) is 8.29. The van der Waals surface area contributed by atoms with E-state index in [1.165, 1.54) is 0 Å². The summed E-state index contributed by atoms with van der Waals surface area (Å²) < 4.78 is 41.0. The van der Waals surface area contributed by atoms with E-state index in [4.69, 9.17) is 10.5 Å². The molecule has 0 spiro atoms. The molecule has 0 bridgehead atoms. The molecule has 18 heavy (non-hydrogen) atoms. The van der Waals surface area contributed by atoms with Crippen molar-refractivity contribution >= 4 is 23.1 Å². The number of nitrogens with zero attached hydrogens (tertiary/aromatic N) is 1. The molecule has 7 heteroatoms. The van der Waals surface area contributed by atoms with E-state index in [9.17, 15) is 13.2 Å². The number of nitrogens with two attached hydrogens (primary N) is 1. The first-order valence-corrected chi connectivity index (χ1v) is 6.18. The number of halogens is 3. The van der Waals surface area contributed by atoms with Gasteiger partial charge in [0.05, 0.1) is 12.3 Å². The molecule has 0 amide bonds. The average Bonchev–Trinajstić information content (AvgIpc) is 2.24. The van der Waals surface area contributed by atoms with Gasteiger partial charge in [-0.05, 0) is 23.9 Å². The van der Waals surface area contributed by atoms with Crippen molar-refractivity contribution in [3.8, 4) is 5.75 Å². The Kier molecular flexibility index (Phi) is 5.01. The summed E-state index contributed by atoms with van der Waals surface area (Å²) in [7, 11) is 3.71. The second-order valence-electron chi connectivity index (χ2n) is 3.76. The van der Waals surface area contributed by atoms with E-state index in [1.54, 1.807) is 12.1 Å². The number of thioether (sulfide) groups is 1. The molecule has 0 saturated carbocycles. The Morgan fingerprint density at radius 1 is 1.33 bits per heavy atom. The Balaban J connectivity index is 2.54. The van der Waals surface area contributed by atoms with Crippen molar-refractivity contribution in [2.75, 3.05) is 37.1 Å². The Morgan fingerprint density at radius 2 is 2.00 bits per heavy atom. The van der Waals surface area contributed by atoms with E-state index in [1.807, 2.05) is 25.1 Å². The largest absolute Gasteiger partial charge is 0.490 e. The van der Waals surface area contributed by atoms with Crippen LogP contribution in [0, 0.1) is 0 Å². The van der Waals surface area contributed by atoms with Crippen molar-refractivity contribution in [2.45, 2.75) is 5.51 Å². The van der Waals surface area contributed by atoms with Crippen LogP contribution in [0.25, 0.3) is 0 Å². The number of anilines is 2. The second-order valence-corrected chi connectivity index (χ2v) is 4.92. The highest BCUT2D eigenvalue weighted by molar-refractivity contribution is 8.00. The summed E-state index contributed by atoms with van der Waals surface area (Å²) in [5.41, 5.74) is 2.76. The van der Waals surface area contributed by atoms with Gasteiger partial charge in [0.25, 0.3) is 0 Å². The SMILES string of the molecule is CN(C)c1ccc(N)c(OCCSC(F)(F)F)c1. The van der Waals surface area contributed by atoms with Gasteiger partial charge in [-0.3, -0.25) is 0 Å². The zero-order valence-electron chi connectivity index (χ0n) is 10.1. The fourth-order valence-corrected chi connectivity index (χ4v) is 1.63.